The third-order valence-corrected chi connectivity index (χ3v) is 7.45. The fourth-order valence-corrected chi connectivity index (χ4v) is 5.44. The van der Waals surface area contributed by atoms with Crippen molar-refractivity contribution in [3.63, 3.8) is 0 Å². The molecule has 1 amide bonds. The summed E-state index contributed by atoms with van der Waals surface area (Å²) in [4.78, 5) is 17.8. The average molecular weight is 542 g/mol. The van der Waals surface area contributed by atoms with Gasteiger partial charge in [-0.25, -0.2) is 4.98 Å². The number of anilines is 1. The number of fused-ring (bicyclic) bond motifs is 2. The zero-order chi connectivity index (χ0) is 24.7. The maximum absolute atomic E-state index is 12.9. The maximum atomic E-state index is 12.9. The summed E-state index contributed by atoms with van der Waals surface area (Å²) >= 11 is 19.1. The zero-order valence-corrected chi connectivity index (χ0v) is 21.6. The molecule has 5 rings (SSSR count). The van der Waals surface area contributed by atoms with Gasteiger partial charge < -0.3 is 14.5 Å². The van der Waals surface area contributed by atoms with Crippen molar-refractivity contribution in [1.29, 1.82) is 0 Å². The van der Waals surface area contributed by atoms with Gasteiger partial charge in [-0.3, -0.25) is 10.1 Å². The van der Waals surface area contributed by atoms with E-state index in [1.165, 1.54) is 11.3 Å². The van der Waals surface area contributed by atoms with Crippen LogP contribution in [0.2, 0.25) is 10.0 Å². The number of rotatable bonds is 4. The van der Waals surface area contributed by atoms with Gasteiger partial charge in [0.1, 0.15) is 16.1 Å². The number of ether oxygens (including phenoxy) is 1. The Morgan fingerprint density at radius 3 is 2.74 bits per heavy atom. The number of methoxy groups -OCH3 is 1. The highest BCUT2D eigenvalue weighted by Gasteiger charge is 2.19. The van der Waals surface area contributed by atoms with E-state index < -0.39 is 5.91 Å². The molecular formula is C25H17Cl2N3O3S2. The second-order valence-electron chi connectivity index (χ2n) is 7.68. The van der Waals surface area contributed by atoms with Crippen LogP contribution in [-0.4, -0.2) is 23.1 Å². The van der Waals surface area contributed by atoms with Crippen LogP contribution in [0.1, 0.15) is 15.2 Å². The largest absolute Gasteiger partial charge is 0.497 e. The Morgan fingerprint density at radius 1 is 1.11 bits per heavy atom. The molecule has 5 aromatic rings. The third-order valence-electron chi connectivity index (χ3n) is 5.35. The first kappa shape index (κ1) is 23.6. The van der Waals surface area contributed by atoms with Gasteiger partial charge in [0.05, 0.1) is 12.1 Å². The molecule has 0 fully saturated rings. The number of hydrogen-bond acceptors (Lipinski definition) is 6. The van der Waals surface area contributed by atoms with E-state index >= 15 is 0 Å². The fourth-order valence-electron chi connectivity index (χ4n) is 3.55. The van der Waals surface area contributed by atoms with E-state index in [-0.39, 0.29) is 5.11 Å². The Kier molecular flexibility index (Phi) is 6.37. The number of oxazole rings is 1. The van der Waals surface area contributed by atoms with Gasteiger partial charge in [-0.15, -0.1) is 11.3 Å². The number of thiophene rings is 1. The summed E-state index contributed by atoms with van der Waals surface area (Å²) in [7, 11) is 1.60. The van der Waals surface area contributed by atoms with E-state index in [9.17, 15) is 4.79 Å². The minimum atomic E-state index is -0.397. The molecule has 35 heavy (non-hydrogen) atoms. The van der Waals surface area contributed by atoms with Crippen LogP contribution >= 0.6 is 46.8 Å². The molecule has 0 atom stereocenters. The molecule has 2 heterocycles. The standard InChI is InChI=1S/C25H17Cl2N3O3S2/c1-12-3-4-13(24-28-18-11-15(32-2)6-8-19(18)33-24)9-17(12)29-25(34)30-23(31)22-21(27)16-7-5-14(26)10-20(16)35-22/h3-11H,1-2H3,(H2,29,30,31,34). The van der Waals surface area contributed by atoms with Crippen molar-refractivity contribution in [2.75, 3.05) is 12.4 Å². The number of nitrogens with zero attached hydrogens (tertiary/aromatic N) is 1. The maximum Gasteiger partial charge on any atom is 0.269 e. The number of halogens is 2. The molecule has 0 bridgehead atoms. The van der Waals surface area contributed by atoms with Crippen molar-refractivity contribution in [3.8, 4) is 17.2 Å². The van der Waals surface area contributed by atoms with E-state index in [2.05, 4.69) is 15.6 Å². The Hall–Kier alpha value is -3.17. The molecule has 6 nitrogen and oxygen atoms in total. The number of nitrogens with one attached hydrogen (secondary N) is 2. The Bertz CT molecular complexity index is 1630. The van der Waals surface area contributed by atoms with Gasteiger partial charge in [0.25, 0.3) is 5.91 Å². The lowest BCUT2D eigenvalue weighted by Crippen LogP contribution is -2.34. The first-order valence-electron chi connectivity index (χ1n) is 10.4. The SMILES string of the molecule is COc1ccc2oc(-c3ccc(C)c(NC(=S)NC(=O)c4sc5cc(Cl)ccc5c4Cl)c3)nc2c1. The lowest BCUT2D eigenvalue weighted by Gasteiger charge is -2.12. The van der Waals surface area contributed by atoms with Gasteiger partial charge in [0.2, 0.25) is 5.89 Å². The van der Waals surface area contributed by atoms with Crippen LogP contribution in [0.3, 0.4) is 0 Å². The van der Waals surface area contributed by atoms with Gasteiger partial charge in [0.15, 0.2) is 10.7 Å². The topological polar surface area (TPSA) is 76.4 Å². The van der Waals surface area contributed by atoms with E-state index in [0.717, 1.165) is 21.2 Å². The van der Waals surface area contributed by atoms with Crippen molar-refractivity contribution < 1.29 is 13.9 Å². The van der Waals surface area contributed by atoms with Crippen LogP contribution in [0, 0.1) is 6.92 Å². The average Bonchev–Trinajstić information content (AvgIpc) is 3.40. The smallest absolute Gasteiger partial charge is 0.269 e. The summed E-state index contributed by atoms with van der Waals surface area (Å²) in [6, 6.07) is 16.4. The molecular weight excluding hydrogens is 525 g/mol. The fraction of sp³-hybridized carbons (Fsp3) is 0.0800. The highest BCUT2D eigenvalue weighted by Crippen LogP contribution is 2.36. The van der Waals surface area contributed by atoms with Gasteiger partial charge in [-0.1, -0.05) is 35.3 Å². The normalized spacial score (nSPS) is 11.1. The van der Waals surface area contributed by atoms with E-state index in [4.69, 9.17) is 44.6 Å². The molecule has 0 spiro atoms. The lowest BCUT2D eigenvalue weighted by molar-refractivity contribution is 0.0982. The summed E-state index contributed by atoms with van der Waals surface area (Å²) in [6.07, 6.45) is 0. The van der Waals surface area contributed by atoms with Gasteiger partial charge in [-0.05, 0) is 61.1 Å². The first-order valence-corrected chi connectivity index (χ1v) is 12.4. The zero-order valence-electron chi connectivity index (χ0n) is 18.4. The number of aromatic nitrogens is 1. The summed E-state index contributed by atoms with van der Waals surface area (Å²) in [6.45, 7) is 1.93. The van der Waals surface area contributed by atoms with E-state index in [1.807, 2.05) is 43.3 Å². The lowest BCUT2D eigenvalue weighted by atomic mass is 10.1. The summed E-state index contributed by atoms with van der Waals surface area (Å²) in [5.74, 6) is 0.764. The second-order valence-corrected chi connectivity index (χ2v) is 9.95. The molecule has 0 aliphatic carbocycles. The van der Waals surface area contributed by atoms with Crippen LogP contribution in [0.5, 0.6) is 5.75 Å². The number of hydrogen-bond donors (Lipinski definition) is 2. The summed E-state index contributed by atoms with van der Waals surface area (Å²) < 4.78 is 12.0. The van der Waals surface area contributed by atoms with Crippen LogP contribution in [0.15, 0.2) is 59.0 Å². The van der Waals surface area contributed by atoms with E-state index in [1.54, 1.807) is 25.3 Å². The Labute approximate surface area is 219 Å². The molecule has 2 aromatic heterocycles. The Balaban J connectivity index is 1.36. The quantitative estimate of drug-likeness (QED) is 0.230. The van der Waals surface area contributed by atoms with Crippen molar-refractivity contribution in [2.24, 2.45) is 0 Å². The number of thiocarbonyl (C=S) groups is 1. The van der Waals surface area contributed by atoms with Crippen molar-refractivity contribution >= 4 is 84.6 Å². The first-order chi connectivity index (χ1) is 16.8. The number of benzene rings is 3. The molecule has 0 unspecified atom stereocenters. The monoisotopic (exact) mass is 541 g/mol. The molecule has 0 aliphatic rings. The molecule has 176 valence electrons. The van der Waals surface area contributed by atoms with Crippen molar-refractivity contribution in [3.05, 3.63) is 75.1 Å². The minimum Gasteiger partial charge on any atom is -0.497 e. The van der Waals surface area contributed by atoms with Crippen LogP contribution in [0.25, 0.3) is 32.6 Å². The number of carbonyl (C=O) groups excluding carboxylic acids is 1. The second kappa shape index (κ2) is 9.47. The third kappa shape index (κ3) is 4.70. The molecule has 0 radical (unpaired) electrons. The van der Waals surface area contributed by atoms with Crippen LogP contribution in [0.4, 0.5) is 5.69 Å². The number of amides is 1. The number of aryl methyl sites for hydroxylation is 1. The predicted molar refractivity (Wildman–Crippen MR) is 146 cm³/mol. The molecule has 2 N–H and O–H groups in total. The van der Waals surface area contributed by atoms with Crippen LogP contribution < -0.4 is 15.4 Å². The molecule has 10 heteroatoms. The van der Waals surface area contributed by atoms with Gasteiger partial charge in [0, 0.05) is 32.4 Å². The highest BCUT2D eigenvalue weighted by molar-refractivity contribution is 7.80. The van der Waals surface area contributed by atoms with Gasteiger partial charge in [-0.2, -0.15) is 0 Å². The highest BCUT2D eigenvalue weighted by atomic mass is 35.5. The van der Waals surface area contributed by atoms with Crippen molar-refractivity contribution in [1.82, 2.24) is 10.3 Å². The molecule has 0 aliphatic heterocycles. The predicted octanol–water partition coefficient (Wildman–Crippen LogP) is 7.46. The van der Waals surface area contributed by atoms with Crippen molar-refractivity contribution in [2.45, 2.75) is 6.92 Å². The van der Waals surface area contributed by atoms with Crippen LogP contribution in [-0.2, 0) is 0 Å². The van der Waals surface area contributed by atoms with Gasteiger partial charge >= 0.3 is 0 Å². The number of carbonyl (C=O) groups is 1. The minimum absolute atomic E-state index is 0.143. The molecule has 0 saturated carbocycles. The van der Waals surface area contributed by atoms with E-state index in [0.29, 0.717) is 43.3 Å². The summed E-state index contributed by atoms with van der Waals surface area (Å²) in [5, 5.41) is 7.64. The Morgan fingerprint density at radius 2 is 1.94 bits per heavy atom. The summed E-state index contributed by atoms with van der Waals surface area (Å²) in [5.41, 5.74) is 3.74. The molecule has 3 aromatic carbocycles. The molecule has 0 saturated heterocycles.